The van der Waals surface area contributed by atoms with Crippen molar-refractivity contribution in [3.63, 3.8) is 0 Å². The number of aryl methyl sites for hydroxylation is 1. The van der Waals surface area contributed by atoms with Gasteiger partial charge in [0.05, 0.1) is 22.6 Å². The van der Waals surface area contributed by atoms with E-state index < -0.39 is 58.0 Å². The molecule has 0 aliphatic carbocycles. The monoisotopic (exact) mass is 595 g/mol. The second-order valence-electron chi connectivity index (χ2n) is 10.0. The van der Waals surface area contributed by atoms with E-state index in [2.05, 4.69) is 0 Å². The van der Waals surface area contributed by atoms with Gasteiger partial charge in [-0.3, -0.25) is 18.7 Å². The van der Waals surface area contributed by atoms with Crippen LogP contribution in [0.25, 0.3) is 0 Å². The second-order valence-corrected chi connectivity index (χ2v) is 13.0. The summed E-state index contributed by atoms with van der Waals surface area (Å²) >= 11 is 1.36. The molecule has 6 rings (SSSR count). The van der Waals surface area contributed by atoms with Gasteiger partial charge in [-0.2, -0.15) is 8.42 Å². The molecule has 6 atom stereocenters. The van der Waals surface area contributed by atoms with Gasteiger partial charge in [-0.05, 0) is 36.9 Å². The largest absolute Gasteiger partial charge is 0.357 e. The highest BCUT2D eigenvalue weighted by Crippen LogP contribution is 2.42. The number of ether oxygens (including phenoxy) is 3. The number of benzene rings is 3. The van der Waals surface area contributed by atoms with Crippen molar-refractivity contribution in [1.29, 1.82) is 0 Å². The number of carbonyl (C=O) groups is 2. The Morgan fingerprint density at radius 2 is 1.54 bits per heavy atom. The fourth-order valence-corrected chi connectivity index (χ4v) is 7.53. The summed E-state index contributed by atoms with van der Waals surface area (Å²) in [5.74, 6) is -0.493. The summed E-state index contributed by atoms with van der Waals surface area (Å²) in [7, 11) is -4.35. The number of hydrogen-bond donors (Lipinski definition) is 0. The van der Waals surface area contributed by atoms with Crippen LogP contribution in [0.4, 0.5) is 0 Å². The van der Waals surface area contributed by atoms with Crippen molar-refractivity contribution < 1.29 is 36.4 Å². The van der Waals surface area contributed by atoms with E-state index in [1.807, 2.05) is 44.2 Å². The van der Waals surface area contributed by atoms with Gasteiger partial charge < -0.3 is 14.2 Å². The topological polar surface area (TPSA) is 108 Å². The zero-order valence-electron chi connectivity index (χ0n) is 22.4. The zero-order chi connectivity index (χ0) is 28.7. The van der Waals surface area contributed by atoms with Crippen molar-refractivity contribution in [2.75, 3.05) is 12.4 Å². The first-order valence-electron chi connectivity index (χ1n) is 13.3. The quantitative estimate of drug-likeness (QED) is 0.291. The fraction of sp³-hybridized carbons (Fsp3) is 0.333. The highest BCUT2D eigenvalue weighted by atomic mass is 32.2. The van der Waals surface area contributed by atoms with Crippen LogP contribution in [-0.4, -0.2) is 67.3 Å². The van der Waals surface area contributed by atoms with Gasteiger partial charge in [0.25, 0.3) is 21.9 Å². The van der Waals surface area contributed by atoms with E-state index in [4.69, 9.17) is 18.4 Å². The van der Waals surface area contributed by atoms with Crippen LogP contribution in [0, 0.1) is 6.92 Å². The molecule has 3 aliphatic rings. The number of carbonyl (C=O) groups excluding carboxylic acids is 2. The van der Waals surface area contributed by atoms with E-state index in [9.17, 15) is 18.0 Å². The van der Waals surface area contributed by atoms with Crippen LogP contribution in [0.1, 0.15) is 45.1 Å². The van der Waals surface area contributed by atoms with Crippen molar-refractivity contribution in [1.82, 2.24) is 4.90 Å². The molecule has 0 radical (unpaired) electrons. The molecule has 2 saturated heterocycles. The molecule has 11 heteroatoms. The molecule has 2 amide bonds. The molecule has 3 aliphatic heterocycles. The maximum Gasteiger partial charge on any atom is 0.297 e. The minimum absolute atomic E-state index is 0.0429. The summed E-state index contributed by atoms with van der Waals surface area (Å²) in [6, 6.07) is 20.9. The van der Waals surface area contributed by atoms with E-state index in [1.165, 1.54) is 23.9 Å². The van der Waals surface area contributed by atoms with E-state index in [0.29, 0.717) is 5.75 Å². The Kier molecular flexibility index (Phi) is 7.75. The number of rotatable bonds is 7. The lowest BCUT2D eigenvalue weighted by atomic mass is 9.95. The number of fused-ring (bicyclic) bond motifs is 2. The Balaban J connectivity index is 1.44. The van der Waals surface area contributed by atoms with Crippen LogP contribution in [-0.2, 0) is 28.5 Å². The van der Waals surface area contributed by atoms with Crippen LogP contribution in [0.2, 0.25) is 0 Å². The van der Waals surface area contributed by atoms with Gasteiger partial charge in [0.1, 0.15) is 29.8 Å². The predicted octanol–water partition coefficient (Wildman–Crippen LogP) is 4.33. The normalized spacial score (nSPS) is 27.9. The van der Waals surface area contributed by atoms with Crippen molar-refractivity contribution in [3.8, 4) is 0 Å². The minimum atomic E-state index is -4.35. The Morgan fingerprint density at radius 1 is 0.902 bits per heavy atom. The molecule has 3 heterocycles. The summed E-state index contributed by atoms with van der Waals surface area (Å²) in [6.45, 7) is 3.87. The maximum absolute atomic E-state index is 13.7. The Hall–Kier alpha value is -3.06. The molecular weight excluding hydrogens is 566 g/mol. The van der Waals surface area contributed by atoms with Crippen LogP contribution >= 0.6 is 11.8 Å². The standard InChI is InChI=1S/C30H29NO8S2/c1-3-40-30-24(31-27(32)21-11-7-8-12-22(21)28(31)33)26(39-41(34,35)20-15-13-18(2)14-16-20)25-23(37-30)17-36-29(38-25)19-9-5-4-6-10-19/h4-16,23-26,29-30H,3,17H2,1-2H3/t23?,24-,25+,26+,29?,30?/m0/s1. The number of nitrogens with zero attached hydrogens (tertiary/aromatic N) is 1. The lowest BCUT2D eigenvalue weighted by Crippen LogP contribution is -2.67. The molecule has 0 N–H and O–H groups in total. The van der Waals surface area contributed by atoms with Crippen LogP contribution < -0.4 is 0 Å². The molecule has 9 nitrogen and oxygen atoms in total. The second kappa shape index (κ2) is 11.3. The third kappa shape index (κ3) is 5.22. The van der Waals surface area contributed by atoms with Crippen molar-refractivity contribution >= 4 is 33.7 Å². The average Bonchev–Trinajstić information content (AvgIpc) is 3.23. The minimum Gasteiger partial charge on any atom is -0.357 e. The third-order valence-corrected chi connectivity index (χ3v) is 9.76. The van der Waals surface area contributed by atoms with Gasteiger partial charge in [-0.15, -0.1) is 11.8 Å². The highest BCUT2D eigenvalue weighted by Gasteiger charge is 2.57. The average molecular weight is 596 g/mol. The Bertz CT molecular complexity index is 1510. The Labute approximate surface area is 242 Å². The molecule has 0 aromatic heterocycles. The highest BCUT2D eigenvalue weighted by molar-refractivity contribution is 7.99. The predicted molar refractivity (Wildman–Crippen MR) is 151 cm³/mol. The molecule has 3 aromatic rings. The molecule has 3 unspecified atom stereocenters. The van der Waals surface area contributed by atoms with Gasteiger partial charge in [0, 0.05) is 5.56 Å². The lowest BCUT2D eigenvalue weighted by Gasteiger charge is -2.50. The zero-order valence-corrected chi connectivity index (χ0v) is 24.0. The van der Waals surface area contributed by atoms with Gasteiger partial charge in [-0.1, -0.05) is 67.1 Å². The van der Waals surface area contributed by atoms with E-state index in [0.717, 1.165) is 16.0 Å². The first-order valence-corrected chi connectivity index (χ1v) is 15.8. The van der Waals surface area contributed by atoms with Crippen molar-refractivity contribution in [2.24, 2.45) is 0 Å². The number of hydrogen-bond acceptors (Lipinski definition) is 9. The van der Waals surface area contributed by atoms with Crippen LogP contribution in [0.15, 0.2) is 83.8 Å². The van der Waals surface area contributed by atoms with Gasteiger partial charge in [0.2, 0.25) is 0 Å². The molecule has 41 heavy (non-hydrogen) atoms. The van der Waals surface area contributed by atoms with Gasteiger partial charge >= 0.3 is 0 Å². The summed E-state index contributed by atoms with van der Waals surface area (Å²) < 4.78 is 52.1. The first-order chi connectivity index (χ1) is 19.8. The van der Waals surface area contributed by atoms with E-state index >= 15 is 0 Å². The number of thioether (sulfide) groups is 1. The molecule has 0 spiro atoms. The van der Waals surface area contributed by atoms with Gasteiger partial charge in [0.15, 0.2) is 6.29 Å². The number of amides is 2. The Morgan fingerprint density at radius 3 is 2.17 bits per heavy atom. The SMILES string of the molecule is CCSC1OC2COC(c3ccccc3)O[C@H]2[C@H](OS(=O)(=O)c2ccc(C)cc2)[C@@H]1N1C(=O)c2ccccc2C1=O. The molecular formula is C30H29NO8S2. The molecule has 0 saturated carbocycles. The smallest absolute Gasteiger partial charge is 0.297 e. The van der Waals surface area contributed by atoms with E-state index in [-0.39, 0.29) is 22.6 Å². The first kappa shape index (κ1) is 28.1. The lowest BCUT2D eigenvalue weighted by molar-refractivity contribution is -0.306. The summed E-state index contributed by atoms with van der Waals surface area (Å²) in [6.07, 6.45) is -3.78. The van der Waals surface area contributed by atoms with Gasteiger partial charge in [-0.25, -0.2) is 0 Å². The molecule has 2 fully saturated rings. The third-order valence-electron chi connectivity index (χ3n) is 7.38. The summed E-state index contributed by atoms with van der Waals surface area (Å²) in [5, 5.41) is 0. The van der Waals surface area contributed by atoms with E-state index in [1.54, 1.807) is 36.4 Å². The van der Waals surface area contributed by atoms with Crippen molar-refractivity contribution in [2.45, 2.75) is 54.8 Å². The number of imide groups is 1. The molecule has 0 bridgehead atoms. The van der Waals surface area contributed by atoms with Crippen molar-refractivity contribution in [3.05, 3.63) is 101 Å². The molecule has 3 aromatic carbocycles. The summed E-state index contributed by atoms with van der Waals surface area (Å²) in [5.41, 5.74) is 1.32. The van der Waals surface area contributed by atoms with Crippen LogP contribution in [0.3, 0.4) is 0 Å². The molecule has 214 valence electrons. The maximum atomic E-state index is 13.7. The van der Waals surface area contributed by atoms with Crippen LogP contribution in [0.5, 0.6) is 0 Å². The fourth-order valence-electron chi connectivity index (χ4n) is 5.41. The summed E-state index contributed by atoms with van der Waals surface area (Å²) in [4.78, 5) is 28.4.